The van der Waals surface area contributed by atoms with Crippen molar-refractivity contribution in [2.75, 3.05) is 0 Å². The summed E-state index contributed by atoms with van der Waals surface area (Å²) in [5.41, 5.74) is 3.87. The third kappa shape index (κ3) is 3.16. The second-order valence-corrected chi connectivity index (χ2v) is 9.58. The zero-order valence-electron chi connectivity index (χ0n) is 14.3. The molecule has 2 heterocycles. The van der Waals surface area contributed by atoms with Crippen molar-refractivity contribution in [3.63, 3.8) is 0 Å². The van der Waals surface area contributed by atoms with Gasteiger partial charge in [0, 0.05) is 25.5 Å². The number of hydrogen-bond acceptors (Lipinski definition) is 3. The van der Waals surface area contributed by atoms with Crippen LogP contribution in [0.25, 0.3) is 42.9 Å². The average Bonchev–Trinajstić information content (AvgIpc) is 3.07. The van der Waals surface area contributed by atoms with Crippen molar-refractivity contribution in [1.29, 1.82) is 0 Å². The molecule has 0 amide bonds. The minimum Gasteiger partial charge on any atom is -0.226 e. The van der Waals surface area contributed by atoms with E-state index in [-0.39, 0.29) is 0 Å². The Kier molecular flexibility index (Phi) is 4.71. The van der Waals surface area contributed by atoms with E-state index in [9.17, 15) is 0 Å². The molecule has 0 atom stereocenters. The van der Waals surface area contributed by atoms with Gasteiger partial charge in [0.1, 0.15) is 0 Å². The summed E-state index contributed by atoms with van der Waals surface area (Å²) in [6.07, 6.45) is 0. The number of aromatic nitrogens is 2. The largest absolute Gasteiger partial charge is 0.226 e. The van der Waals surface area contributed by atoms with Crippen LogP contribution < -0.4 is 0 Å². The first kappa shape index (κ1) is 18.3. The number of thiophene rings is 1. The van der Waals surface area contributed by atoms with E-state index < -0.39 is 0 Å². The molecule has 0 aliphatic heterocycles. The molecule has 2 nitrogen and oxygen atoms in total. The van der Waals surface area contributed by atoms with Crippen LogP contribution >= 0.6 is 54.8 Å². The summed E-state index contributed by atoms with van der Waals surface area (Å²) in [5, 5.41) is 1.80. The van der Waals surface area contributed by atoms with Crippen LogP contribution in [-0.4, -0.2) is 9.97 Å². The Bertz CT molecular complexity index is 1330. The molecule has 5 rings (SSSR count). The van der Waals surface area contributed by atoms with Gasteiger partial charge in [0.15, 0.2) is 5.82 Å². The molecule has 0 radical (unpaired) electrons. The van der Waals surface area contributed by atoms with Crippen LogP contribution in [-0.2, 0) is 0 Å². The Labute approximate surface area is 187 Å². The van der Waals surface area contributed by atoms with E-state index >= 15 is 0 Å². The Morgan fingerprint density at radius 2 is 1.50 bits per heavy atom. The second-order valence-electron chi connectivity index (χ2n) is 6.32. The average molecular weight is 531 g/mol. The van der Waals surface area contributed by atoms with Gasteiger partial charge in [-0.2, -0.15) is 0 Å². The first-order valence-corrected chi connectivity index (χ1v) is 11.3. The number of fused-ring (bicyclic) bond motifs is 3. The summed E-state index contributed by atoms with van der Waals surface area (Å²) in [6, 6.07) is 22.2. The van der Waals surface area contributed by atoms with Crippen LogP contribution in [0, 0.1) is 0 Å². The highest BCUT2D eigenvalue weighted by Crippen LogP contribution is 2.42. The Hall–Kier alpha value is -1.79. The van der Waals surface area contributed by atoms with Crippen molar-refractivity contribution in [1.82, 2.24) is 9.97 Å². The molecule has 136 valence electrons. The van der Waals surface area contributed by atoms with E-state index in [0.29, 0.717) is 5.82 Å². The predicted molar refractivity (Wildman–Crippen MR) is 126 cm³/mol. The van der Waals surface area contributed by atoms with Gasteiger partial charge in [-0.1, -0.05) is 85.9 Å². The number of rotatable bonds is 2. The third-order valence-corrected chi connectivity index (χ3v) is 7.04. The molecular formula is C22H11Br2ClN2S. The predicted octanol–water partition coefficient (Wildman–Crippen LogP) is 8.36. The molecule has 28 heavy (non-hydrogen) atoms. The maximum Gasteiger partial charge on any atom is 0.160 e. The lowest BCUT2D eigenvalue weighted by Crippen LogP contribution is -1.93. The van der Waals surface area contributed by atoms with Crippen LogP contribution in [0.3, 0.4) is 0 Å². The molecule has 0 saturated heterocycles. The van der Waals surface area contributed by atoms with Crippen LogP contribution in [0.4, 0.5) is 0 Å². The highest BCUT2D eigenvalue weighted by molar-refractivity contribution is 9.11. The fourth-order valence-corrected chi connectivity index (χ4v) is 5.98. The minimum absolute atomic E-state index is 0.688. The number of nitrogens with zero attached hydrogens (tertiary/aromatic N) is 2. The van der Waals surface area contributed by atoms with E-state index in [1.54, 1.807) is 11.3 Å². The van der Waals surface area contributed by atoms with E-state index in [0.717, 1.165) is 51.1 Å². The molecule has 0 spiro atoms. The van der Waals surface area contributed by atoms with Gasteiger partial charge < -0.3 is 0 Å². The van der Waals surface area contributed by atoms with Crippen molar-refractivity contribution in [2.45, 2.75) is 0 Å². The van der Waals surface area contributed by atoms with Crippen molar-refractivity contribution in [3.8, 4) is 22.6 Å². The maximum absolute atomic E-state index is 6.48. The summed E-state index contributed by atoms with van der Waals surface area (Å²) >= 11 is 15.2. The van der Waals surface area contributed by atoms with Gasteiger partial charge in [-0.25, -0.2) is 9.97 Å². The second kappa shape index (κ2) is 7.23. The third-order valence-electron chi connectivity index (χ3n) is 4.46. The van der Waals surface area contributed by atoms with Crippen molar-refractivity contribution in [3.05, 3.63) is 80.7 Å². The van der Waals surface area contributed by atoms with E-state index in [1.807, 2.05) is 48.5 Å². The van der Waals surface area contributed by atoms with E-state index in [4.69, 9.17) is 21.6 Å². The van der Waals surface area contributed by atoms with Crippen LogP contribution in [0.15, 0.2) is 75.7 Å². The minimum atomic E-state index is 0.688. The summed E-state index contributed by atoms with van der Waals surface area (Å²) in [5.74, 6) is 0.688. The summed E-state index contributed by atoms with van der Waals surface area (Å²) in [4.78, 5) is 9.91. The lowest BCUT2D eigenvalue weighted by Gasteiger charge is -2.08. The molecule has 0 unspecified atom stereocenters. The van der Waals surface area contributed by atoms with Gasteiger partial charge in [0.25, 0.3) is 0 Å². The van der Waals surface area contributed by atoms with E-state index in [1.165, 1.54) is 0 Å². The molecule has 0 N–H and O–H groups in total. The molecule has 5 aromatic rings. The van der Waals surface area contributed by atoms with Crippen LogP contribution in [0.2, 0.25) is 5.02 Å². The molecular weight excluding hydrogens is 520 g/mol. The lowest BCUT2D eigenvalue weighted by atomic mass is 10.1. The quantitative estimate of drug-likeness (QED) is 0.229. The van der Waals surface area contributed by atoms with Gasteiger partial charge in [-0.15, -0.1) is 11.3 Å². The summed E-state index contributed by atoms with van der Waals surface area (Å²) in [6.45, 7) is 0. The zero-order valence-corrected chi connectivity index (χ0v) is 19.0. The Balaban J connectivity index is 1.90. The SMILES string of the molecule is Clc1cccc2c1sc1c(-c3ccccc3)nc(-c3cc(Br)cc(Br)c3)nc12. The molecule has 0 aliphatic carbocycles. The first-order valence-electron chi connectivity index (χ1n) is 8.51. The lowest BCUT2D eigenvalue weighted by molar-refractivity contribution is 1.24. The number of hydrogen-bond donors (Lipinski definition) is 0. The van der Waals surface area contributed by atoms with Crippen LogP contribution in [0.5, 0.6) is 0 Å². The van der Waals surface area contributed by atoms with Gasteiger partial charge in [-0.3, -0.25) is 0 Å². The highest BCUT2D eigenvalue weighted by Gasteiger charge is 2.17. The van der Waals surface area contributed by atoms with Crippen molar-refractivity contribution >= 4 is 75.1 Å². The topological polar surface area (TPSA) is 25.8 Å². The zero-order chi connectivity index (χ0) is 19.3. The Morgan fingerprint density at radius 3 is 2.25 bits per heavy atom. The van der Waals surface area contributed by atoms with Crippen LogP contribution in [0.1, 0.15) is 0 Å². The van der Waals surface area contributed by atoms with E-state index in [2.05, 4.69) is 50.1 Å². The number of benzene rings is 3. The molecule has 3 aromatic carbocycles. The highest BCUT2D eigenvalue weighted by atomic mass is 79.9. The molecule has 0 saturated carbocycles. The molecule has 0 aliphatic rings. The summed E-state index contributed by atoms with van der Waals surface area (Å²) < 4.78 is 4.03. The standard InChI is InChI=1S/C22H11Br2ClN2S/c23-14-9-13(10-15(24)11-14)22-26-18(12-5-2-1-3-6-12)21-19(27-22)16-7-4-8-17(25)20(16)28-21/h1-11H. The maximum atomic E-state index is 6.48. The van der Waals surface area contributed by atoms with Crippen molar-refractivity contribution in [2.24, 2.45) is 0 Å². The van der Waals surface area contributed by atoms with Gasteiger partial charge in [0.05, 0.1) is 25.6 Å². The number of halogens is 3. The van der Waals surface area contributed by atoms with Gasteiger partial charge in [0.2, 0.25) is 0 Å². The van der Waals surface area contributed by atoms with Gasteiger partial charge in [-0.05, 0) is 24.3 Å². The first-order chi connectivity index (χ1) is 13.6. The normalized spacial score (nSPS) is 11.4. The molecule has 0 fully saturated rings. The molecule has 2 aromatic heterocycles. The monoisotopic (exact) mass is 528 g/mol. The summed E-state index contributed by atoms with van der Waals surface area (Å²) in [7, 11) is 0. The smallest absolute Gasteiger partial charge is 0.160 e. The Morgan fingerprint density at radius 1 is 0.750 bits per heavy atom. The molecule has 6 heteroatoms. The fourth-order valence-electron chi connectivity index (χ4n) is 3.23. The van der Waals surface area contributed by atoms with Crippen molar-refractivity contribution < 1.29 is 0 Å². The fraction of sp³-hybridized carbons (Fsp3) is 0. The molecule has 0 bridgehead atoms. The van der Waals surface area contributed by atoms with Gasteiger partial charge >= 0.3 is 0 Å².